The van der Waals surface area contributed by atoms with Crippen LogP contribution in [0.3, 0.4) is 0 Å². The fourth-order valence-corrected chi connectivity index (χ4v) is 4.76. The Morgan fingerprint density at radius 3 is 2.67 bits per heavy atom. The number of nitrogens with zero attached hydrogens (tertiary/aromatic N) is 2. The first-order valence-electron chi connectivity index (χ1n) is 8.80. The summed E-state index contributed by atoms with van der Waals surface area (Å²) in [5.74, 6) is 0.389. The molecule has 8 heteroatoms. The Labute approximate surface area is 159 Å². The third kappa shape index (κ3) is 4.39. The summed E-state index contributed by atoms with van der Waals surface area (Å²) in [7, 11) is -2.44. The molecule has 0 spiro atoms. The van der Waals surface area contributed by atoms with Crippen molar-refractivity contribution < 1.29 is 22.3 Å². The average Bonchev–Trinajstić information content (AvgIpc) is 2.67. The van der Waals surface area contributed by atoms with E-state index >= 15 is 0 Å². The van der Waals surface area contributed by atoms with Gasteiger partial charge in [-0.1, -0.05) is 6.07 Å². The van der Waals surface area contributed by atoms with Gasteiger partial charge in [0.05, 0.1) is 13.7 Å². The molecular weight excluding hydrogens is 371 g/mol. The minimum absolute atomic E-state index is 0.135. The molecule has 3 rings (SSSR count). The van der Waals surface area contributed by atoms with Crippen LogP contribution in [-0.4, -0.2) is 44.5 Å². The lowest BCUT2D eigenvalue weighted by molar-refractivity contribution is 0.180. The highest BCUT2D eigenvalue weighted by molar-refractivity contribution is 7.89. The van der Waals surface area contributed by atoms with E-state index in [1.165, 1.54) is 23.5 Å². The predicted molar refractivity (Wildman–Crippen MR) is 98.9 cm³/mol. The number of aromatic nitrogens is 1. The van der Waals surface area contributed by atoms with Gasteiger partial charge in [-0.3, -0.25) is 0 Å². The van der Waals surface area contributed by atoms with Crippen LogP contribution in [0.2, 0.25) is 0 Å². The van der Waals surface area contributed by atoms with E-state index in [2.05, 4.69) is 4.98 Å². The maximum Gasteiger partial charge on any atom is 0.246 e. The number of rotatable bonds is 6. The van der Waals surface area contributed by atoms with Gasteiger partial charge in [0.2, 0.25) is 15.9 Å². The lowest BCUT2D eigenvalue weighted by Gasteiger charge is -2.31. The Hall–Kier alpha value is -2.19. The van der Waals surface area contributed by atoms with E-state index in [1.807, 2.05) is 19.1 Å². The molecule has 1 saturated heterocycles. The highest BCUT2D eigenvalue weighted by Crippen LogP contribution is 2.30. The van der Waals surface area contributed by atoms with Crippen LogP contribution < -0.4 is 9.47 Å². The zero-order valence-electron chi connectivity index (χ0n) is 15.4. The van der Waals surface area contributed by atoms with Crippen LogP contribution in [0.4, 0.5) is 4.39 Å². The summed E-state index contributed by atoms with van der Waals surface area (Å²) < 4.78 is 51.6. The fourth-order valence-electron chi connectivity index (χ4n) is 3.13. The Morgan fingerprint density at radius 1 is 1.26 bits per heavy atom. The monoisotopic (exact) mass is 394 g/mol. The zero-order valence-corrected chi connectivity index (χ0v) is 16.2. The van der Waals surface area contributed by atoms with Crippen molar-refractivity contribution in [3.8, 4) is 11.6 Å². The van der Waals surface area contributed by atoms with E-state index in [9.17, 15) is 12.8 Å². The summed E-state index contributed by atoms with van der Waals surface area (Å²) in [6.45, 7) is 3.15. The van der Waals surface area contributed by atoms with E-state index in [-0.39, 0.29) is 16.6 Å². The Bertz CT molecular complexity index is 896. The van der Waals surface area contributed by atoms with Crippen LogP contribution in [0.25, 0.3) is 0 Å². The van der Waals surface area contributed by atoms with Gasteiger partial charge in [-0.2, -0.15) is 4.31 Å². The molecule has 6 nitrogen and oxygen atoms in total. The second kappa shape index (κ2) is 8.22. The van der Waals surface area contributed by atoms with E-state index in [0.717, 1.165) is 11.6 Å². The summed E-state index contributed by atoms with van der Waals surface area (Å²) in [5, 5.41) is 0. The number of pyridine rings is 1. The quantitative estimate of drug-likeness (QED) is 0.753. The van der Waals surface area contributed by atoms with Crippen molar-refractivity contribution in [2.45, 2.75) is 24.7 Å². The molecule has 27 heavy (non-hydrogen) atoms. The summed E-state index contributed by atoms with van der Waals surface area (Å²) in [5.41, 5.74) is 0.968. The van der Waals surface area contributed by atoms with Gasteiger partial charge in [-0.15, -0.1) is 0 Å². The van der Waals surface area contributed by atoms with Crippen molar-refractivity contribution in [1.29, 1.82) is 0 Å². The highest BCUT2D eigenvalue weighted by atomic mass is 32.2. The first kappa shape index (κ1) is 19.6. The molecule has 1 aliphatic rings. The second-order valence-corrected chi connectivity index (χ2v) is 8.49. The Morgan fingerprint density at radius 2 is 2.00 bits per heavy atom. The predicted octanol–water partition coefficient (Wildman–Crippen LogP) is 3.02. The zero-order chi connectivity index (χ0) is 19.4. The molecule has 1 aromatic heterocycles. The molecule has 1 aliphatic heterocycles. The SMILES string of the molecule is COc1ccc(F)cc1S(=O)(=O)N1CCC(COc2ncccc2C)CC1. The summed E-state index contributed by atoms with van der Waals surface area (Å²) in [4.78, 5) is 4.07. The second-order valence-electron chi connectivity index (χ2n) is 6.58. The molecule has 0 amide bonds. The normalized spacial score (nSPS) is 16.3. The third-order valence-electron chi connectivity index (χ3n) is 4.73. The van der Waals surface area contributed by atoms with E-state index in [4.69, 9.17) is 9.47 Å². The number of halogens is 1. The maximum absolute atomic E-state index is 13.6. The molecule has 0 atom stereocenters. The minimum atomic E-state index is -3.81. The molecular formula is C19H23FN2O4S. The maximum atomic E-state index is 13.6. The van der Waals surface area contributed by atoms with Gasteiger partial charge in [-0.25, -0.2) is 17.8 Å². The molecule has 146 valence electrons. The first-order chi connectivity index (χ1) is 12.9. The van der Waals surface area contributed by atoms with Crippen LogP contribution in [0.15, 0.2) is 41.4 Å². The van der Waals surface area contributed by atoms with Crippen LogP contribution in [-0.2, 0) is 10.0 Å². The molecule has 0 aliphatic carbocycles. The number of sulfonamides is 1. The average molecular weight is 394 g/mol. The highest BCUT2D eigenvalue weighted by Gasteiger charge is 2.32. The lowest BCUT2D eigenvalue weighted by atomic mass is 9.99. The first-order valence-corrected chi connectivity index (χ1v) is 10.2. The lowest BCUT2D eigenvalue weighted by Crippen LogP contribution is -2.39. The van der Waals surface area contributed by atoms with Crippen LogP contribution in [0.1, 0.15) is 18.4 Å². The largest absolute Gasteiger partial charge is 0.495 e. The van der Waals surface area contributed by atoms with Crippen LogP contribution in [0, 0.1) is 18.7 Å². The number of aryl methyl sites for hydroxylation is 1. The van der Waals surface area contributed by atoms with Gasteiger partial charge in [0.25, 0.3) is 0 Å². The summed E-state index contributed by atoms with van der Waals surface area (Å²) in [6, 6.07) is 7.31. The number of ether oxygens (including phenoxy) is 2. The number of methoxy groups -OCH3 is 1. The molecule has 0 N–H and O–H groups in total. The Kier molecular flexibility index (Phi) is 5.96. The molecule has 1 aromatic carbocycles. The van der Waals surface area contributed by atoms with Crippen molar-refractivity contribution >= 4 is 10.0 Å². The van der Waals surface area contributed by atoms with Gasteiger partial charge in [-0.05, 0) is 49.9 Å². The minimum Gasteiger partial charge on any atom is -0.495 e. The van der Waals surface area contributed by atoms with Crippen molar-refractivity contribution in [3.63, 3.8) is 0 Å². The van der Waals surface area contributed by atoms with Gasteiger partial charge in [0, 0.05) is 24.8 Å². The van der Waals surface area contributed by atoms with Gasteiger partial charge >= 0.3 is 0 Å². The van der Waals surface area contributed by atoms with Gasteiger partial charge < -0.3 is 9.47 Å². The molecule has 2 aromatic rings. The summed E-state index contributed by atoms with van der Waals surface area (Å²) in [6.07, 6.45) is 3.02. The smallest absolute Gasteiger partial charge is 0.246 e. The van der Waals surface area contributed by atoms with Crippen molar-refractivity contribution in [1.82, 2.24) is 9.29 Å². The van der Waals surface area contributed by atoms with Crippen molar-refractivity contribution in [2.75, 3.05) is 26.8 Å². The molecule has 0 bridgehead atoms. The third-order valence-corrected chi connectivity index (χ3v) is 6.65. The van der Waals surface area contributed by atoms with E-state index < -0.39 is 15.8 Å². The molecule has 0 radical (unpaired) electrons. The van der Waals surface area contributed by atoms with Gasteiger partial charge in [0.15, 0.2) is 0 Å². The molecule has 0 saturated carbocycles. The van der Waals surface area contributed by atoms with Crippen molar-refractivity contribution in [3.05, 3.63) is 47.9 Å². The van der Waals surface area contributed by atoms with Crippen molar-refractivity contribution in [2.24, 2.45) is 5.92 Å². The molecule has 1 fully saturated rings. The summed E-state index contributed by atoms with van der Waals surface area (Å²) >= 11 is 0. The standard InChI is InChI=1S/C19H23FN2O4S/c1-14-4-3-9-21-19(14)26-13-15-7-10-22(11-8-15)27(23,24)18-12-16(20)5-6-17(18)25-2/h3-6,9,12,15H,7-8,10-11,13H2,1-2H3. The fraction of sp³-hybridized carbons (Fsp3) is 0.421. The molecule has 2 heterocycles. The van der Waals surface area contributed by atoms with E-state index in [1.54, 1.807) is 6.20 Å². The number of hydrogen-bond donors (Lipinski definition) is 0. The van der Waals surface area contributed by atoms with E-state index in [0.29, 0.717) is 38.4 Å². The number of benzene rings is 1. The van der Waals surface area contributed by atoms with Crippen LogP contribution >= 0.6 is 0 Å². The topological polar surface area (TPSA) is 68.7 Å². The molecule has 0 unspecified atom stereocenters. The number of hydrogen-bond acceptors (Lipinski definition) is 5. The van der Waals surface area contributed by atoms with Gasteiger partial charge in [0.1, 0.15) is 16.5 Å². The number of piperidine rings is 1. The van der Waals surface area contributed by atoms with Crippen LogP contribution in [0.5, 0.6) is 11.6 Å². The Balaban J connectivity index is 1.63.